The maximum atomic E-state index is 13.8. The zero-order valence-electron chi connectivity index (χ0n) is 22.6. The first-order chi connectivity index (χ1) is 18.3. The van der Waals surface area contributed by atoms with E-state index < -0.39 is 28.3 Å². The summed E-state index contributed by atoms with van der Waals surface area (Å²) in [5.74, 6) is 1.21. The van der Waals surface area contributed by atoms with Crippen LogP contribution in [-0.4, -0.2) is 75.6 Å². The second kappa shape index (κ2) is 14.0. The van der Waals surface area contributed by atoms with Gasteiger partial charge in [-0.3, -0.25) is 0 Å². The number of rotatable bonds is 12. The van der Waals surface area contributed by atoms with Crippen LogP contribution in [0.2, 0.25) is 0 Å². The molecule has 1 aromatic rings. The van der Waals surface area contributed by atoms with Crippen molar-refractivity contribution in [3.8, 4) is 5.75 Å². The lowest BCUT2D eigenvalue weighted by atomic mass is 9.83. The second-order valence-electron chi connectivity index (χ2n) is 11.1. The van der Waals surface area contributed by atoms with E-state index in [2.05, 4.69) is 5.32 Å². The Morgan fingerprint density at radius 3 is 2.34 bits per heavy atom. The number of aliphatic hydroxyl groups excluding tert-OH is 1. The third-order valence-electron chi connectivity index (χ3n) is 8.27. The summed E-state index contributed by atoms with van der Waals surface area (Å²) in [5, 5.41) is 14.4. The van der Waals surface area contributed by atoms with Gasteiger partial charge in [0.05, 0.1) is 37.4 Å². The number of aliphatic hydroxyl groups is 1. The Labute approximate surface area is 227 Å². The van der Waals surface area contributed by atoms with Crippen LogP contribution < -0.4 is 10.1 Å². The van der Waals surface area contributed by atoms with Gasteiger partial charge in [0.25, 0.3) is 0 Å². The Morgan fingerprint density at radius 1 is 1.05 bits per heavy atom. The Morgan fingerprint density at radius 2 is 1.71 bits per heavy atom. The molecule has 3 aliphatic rings. The lowest BCUT2D eigenvalue weighted by Gasteiger charge is -2.33. The Kier molecular flexibility index (Phi) is 10.7. The summed E-state index contributed by atoms with van der Waals surface area (Å²) in [7, 11) is -2.33. The van der Waals surface area contributed by atoms with Gasteiger partial charge in [-0.25, -0.2) is 13.2 Å². The zero-order valence-corrected chi connectivity index (χ0v) is 23.4. The second-order valence-corrected chi connectivity index (χ2v) is 13.0. The molecule has 3 fully saturated rings. The quantitative estimate of drug-likeness (QED) is 0.401. The molecule has 1 saturated heterocycles. The van der Waals surface area contributed by atoms with Crippen molar-refractivity contribution >= 4 is 16.1 Å². The number of carbonyl (C=O) groups is 1. The van der Waals surface area contributed by atoms with Crippen LogP contribution >= 0.6 is 0 Å². The standard InChI is InChI=1S/C28H44N2O7S/c1-35-23-11-13-25(14-12-23)38(33,34)30(18-22-9-5-6-10-22)19-27(31)26(17-21-7-3-2-4-8-21)29-28(32)37-24-15-16-36-20-24/h11-14,21-22,24,26-27,31H,2-10,15-20H2,1H3,(H,29,32)/t24-,26?,27-/m0/s1. The summed E-state index contributed by atoms with van der Waals surface area (Å²) in [6.07, 6.45) is 9.00. The molecule has 3 atom stereocenters. The van der Waals surface area contributed by atoms with E-state index in [1.165, 1.54) is 17.8 Å². The van der Waals surface area contributed by atoms with Crippen molar-refractivity contribution in [3.05, 3.63) is 24.3 Å². The van der Waals surface area contributed by atoms with Crippen molar-refractivity contribution in [1.29, 1.82) is 0 Å². The van der Waals surface area contributed by atoms with Gasteiger partial charge in [0.15, 0.2) is 0 Å². The van der Waals surface area contributed by atoms with Gasteiger partial charge in [-0.1, -0.05) is 44.9 Å². The average Bonchev–Trinajstić information content (AvgIpc) is 3.63. The molecule has 0 spiro atoms. The van der Waals surface area contributed by atoms with E-state index in [1.807, 2.05) is 0 Å². The fraction of sp³-hybridized carbons (Fsp3) is 0.750. The van der Waals surface area contributed by atoms with Crippen LogP contribution in [0.1, 0.15) is 70.6 Å². The number of alkyl carbamates (subject to hydrolysis) is 1. The number of nitrogens with one attached hydrogen (secondary N) is 1. The van der Waals surface area contributed by atoms with Gasteiger partial charge < -0.3 is 24.6 Å². The third-order valence-corrected chi connectivity index (χ3v) is 10.1. The molecule has 214 valence electrons. The normalized spacial score (nSPS) is 22.9. The lowest BCUT2D eigenvalue weighted by molar-refractivity contribution is 0.0579. The van der Waals surface area contributed by atoms with Gasteiger partial charge >= 0.3 is 6.09 Å². The van der Waals surface area contributed by atoms with E-state index in [4.69, 9.17) is 14.2 Å². The van der Waals surface area contributed by atoms with Crippen LogP contribution in [0.25, 0.3) is 0 Å². The predicted octanol–water partition coefficient (Wildman–Crippen LogP) is 4.09. The number of methoxy groups -OCH3 is 1. The molecule has 2 saturated carbocycles. The monoisotopic (exact) mass is 552 g/mol. The van der Waals surface area contributed by atoms with E-state index >= 15 is 0 Å². The fourth-order valence-corrected chi connectivity index (χ4v) is 7.56. The lowest BCUT2D eigenvalue weighted by Crippen LogP contribution is -2.51. The number of amides is 1. The number of hydrogen-bond acceptors (Lipinski definition) is 7. The number of ether oxygens (including phenoxy) is 3. The molecule has 0 radical (unpaired) electrons. The zero-order chi connectivity index (χ0) is 27.0. The molecule has 2 N–H and O–H groups in total. The van der Waals surface area contributed by atoms with Gasteiger partial charge in [0.2, 0.25) is 10.0 Å². The topological polar surface area (TPSA) is 114 Å². The first kappa shape index (κ1) is 29.1. The highest BCUT2D eigenvalue weighted by atomic mass is 32.2. The van der Waals surface area contributed by atoms with Crippen molar-refractivity contribution in [2.24, 2.45) is 11.8 Å². The van der Waals surface area contributed by atoms with Crippen LogP contribution in [0.4, 0.5) is 4.79 Å². The molecule has 1 amide bonds. The molecule has 1 aliphatic heterocycles. The van der Waals surface area contributed by atoms with E-state index in [-0.39, 0.29) is 23.5 Å². The molecule has 1 aromatic carbocycles. The van der Waals surface area contributed by atoms with Crippen molar-refractivity contribution in [3.63, 3.8) is 0 Å². The van der Waals surface area contributed by atoms with Gasteiger partial charge in [-0.05, 0) is 55.4 Å². The number of carbonyl (C=O) groups excluding carboxylic acids is 1. The number of sulfonamides is 1. The van der Waals surface area contributed by atoms with E-state index in [9.17, 15) is 18.3 Å². The van der Waals surface area contributed by atoms with Gasteiger partial charge in [0.1, 0.15) is 11.9 Å². The van der Waals surface area contributed by atoms with Crippen LogP contribution in [0, 0.1) is 11.8 Å². The maximum Gasteiger partial charge on any atom is 0.407 e. The minimum absolute atomic E-state index is 0.0882. The summed E-state index contributed by atoms with van der Waals surface area (Å²) in [5.41, 5.74) is 0. The number of nitrogens with zero attached hydrogens (tertiary/aromatic N) is 1. The predicted molar refractivity (Wildman–Crippen MR) is 144 cm³/mol. The minimum Gasteiger partial charge on any atom is -0.497 e. The summed E-state index contributed by atoms with van der Waals surface area (Å²) < 4.78 is 45.0. The summed E-state index contributed by atoms with van der Waals surface area (Å²) in [6, 6.07) is 5.74. The molecule has 0 aromatic heterocycles. The van der Waals surface area contributed by atoms with Crippen LogP contribution in [0.5, 0.6) is 5.75 Å². The fourth-order valence-electron chi connectivity index (χ4n) is 6.02. The molecule has 38 heavy (non-hydrogen) atoms. The number of hydrogen-bond donors (Lipinski definition) is 2. The van der Waals surface area contributed by atoms with Crippen LogP contribution in [-0.2, 0) is 19.5 Å². The van der Waals surface area contributed by atoms with Gasteiger partial charge in [-0.15, -0.1) is 0 Å². The maximum absolute atomic E-state index is 13.8. The average molecular weight is 553 g/mol. The molecular formula is C28H44N2O7S. The Bertz CT molecular complexity index is 969. The largest absolute Gasteiger partial charge is 0.497 e. The highest BCUT2D eigenvalue weighted by Gasteiger charge is 2.35. The summed E-state index contributed by atoms with van der Waals surface area (Å²) in [4.78, 5) is 12.9. The van der Waals surface area contributed by atoms with E-state index in [1.54, 1.807) is 24.3 Å². The molecule has 2 aliphatic carbocycles. The molecule has 0 bridgehead atoms. The van der Waals surface area contributed by atoms with Crippen molar-refractivity contribution in [1.82, 2.24) is 9.62 Å². The first-order valence-corrected chi connectivity index (χ1v) is 15.7. The first-order valence-electron chi connectivity index (χ1n) is 14.2. The molecule has 1 heterocycles. The number of benzene rings is 1. The van der Waals surface area contributed by atoms with Crippen LogP contribution in [0.3, 0.4) is 0 Å². The van der Waals surface area contributed by atoms with E-state index in [0.717, 1.165) is 51.4 Å². The van der Waals surface area contributed by atoms with Gasteiger partial charge in [0, 0.05) is 19.5 Å². The highest BCUT2D eigenvalue weighted by Crippen LogP contribution is 2.31. The third kappa shape index (κ3) is 8.07. The Balaban J connectivity index is 1.50. The van der Waals surface area contributed by atoms with E-state index in [0.29, 0.717) is 44.3 Å². The van der Waals surface area contributed by atoms with Crippen LogP contribution in [0.15, 0.2) is 29.2 Å². The highest BCUT2D eigenvalue weighted by molar-refractivity contribution is 7.89. The molecular weight excluding hydrogens is 508 g/mol. The van der Waals surface area contributed by atoms with Crippen molar-refractivity contribution in [2.45, 2.75) is 93.8 Å². The SMILES string of the molecule is COc1ccc(S(=O)(=O)N(CC2CCCC2)C[C@H](O)C(CC2CCCCC2)NC(=O)O[C@H]2CCOC2)cc1. The summed E-state index contributed by atoms with van der Waals surface area (Å²) in [6.45, 7) is 1.20. The molecule has 9 nitrogen and oxygen atoms in total. The van der Waals surface area contributed by atoms with Gasteiger partial charge in [-0.2, -0.15) is 4.31 Å². The molecule has 1 unspecified atom stereocenters. The molecule has 10 heteroatoms. The van der Waals surface area contributed by atoms with Crippen molar-refractivity contribution in [2.75, 3.05) is 33.4 Å². The van der Waals surface area contributed by atoms with Crippen molar-refractivity contribution < 1.29 is 32.5 Å². The Hall–Kier alpha value is -1.88. The summed E-state index contributed by atoms with van der Waals surface area (Å²) >= 11 is 0. The smallest absolute Gasteiger partial charge is 0.407 e. The minimum atomic E-state index is -3.87. The molecule has 4 rings (SSSR count).